The van der Waals surface area contributed by atoms with Crippen molar-refractivity contribution in [1.82, 2.24) is 10.2 Å². The lowest BCUT2D eigenvalue weighted by Crippen LogP contribution is -2.29. The molecule has 19 heavy (non-hydrogen) atoms. The fourth-order valence-electron chi connectivity index (χ4n) is 3.34. The van der Waals surface area contributed by atoms with E-state index in [2.05, 4.69) is 55.4 Å². The summed E-state index contributed by atoms with van der Waals surface area (Å²) in [6.45, 7) is 8.01. The van der Waals surface area contributed by atoms with Gasteiger partial charge in [0.15, 0.2) is 0 Å². The fourth-order valence-corrected chi connectivity index (χ4v) is 3.34. The molecule has 0 radical (unpaired) electrons. The highest BCUT2D eigenvalue weighted by Gasteiger charge is 2.33. The predicted molar refractivity (Wildman–Crippen MR) is 82.5 cm³/mol. The maximum absolute atomic E-state index is 3.61. The van der Waals surface area contributed by atoms with Crippen LogP contribution in [0, 0.1) is 5.92 Å². The van der Waals surface area contributed by atoms with Crippen molar-refractivity contribution in [2.24, 2.45) is 5.92 Å². The van der Waals surface area contributed by atoms with Crippen molar-refractivity contribution in [3.8, 4) is 0 Å². The molecule has 1 aromatic carbocycles. The highest BCUT2D eigenvalue weighted by Crippen LogP contribution is 2.37. The summed E-state index contributed by atoms with van der Waals surface area (Å²) in [7, 11) is 2.27. The Bertz CT molecular complexity index is 389. The van der Waals surface area contributed by atoms with E-state index in [0.29, 0.717) is 6.04 Å². The van der Waals surface area contributed by atoms with Crippen LogP contribution in [0.3, 0.4) is 0 Å². The smallest absolute Gasteiger partial charge is 0.0388 e. The minimum Gasteiger partial charge on any atom is -0.316 e. The number of aryl methyl sites for hydroxylation is 1. The molecule has 2 heteroatoms. The van der Waals surface area contributed by atoms with Crippen LogP contribution >= 0.6 is 0 Å². The van der Waals surface area contributed by atoms with Crippen LogP contribution in [0.25, 0.3) is 0 Å². The van der Waals surface area contributed by atoms with Gasteiger partial charge in [-0.15, -0.1) is 0 Å². The first kappa shape index (κ1) is 14.5. The zero-order valence-electron chi connectivity index (χ0n) is 12.7. The lowest BCUT2D eigenvalue weighted by Gasteiger charge is -2.27. The second-order valence-corrected chi connectivity index (χ2v) is 5.73. The molecule has 0 amide bonds. The van der Waals surface area contributed by atoms with Gasteiger partial charge in [0.25, 0.3) is 0 Å². The van der Waals surface area contributed by atoms with Gasteiger partial charge in [-0.1, -0.05) is 38.1 Å². The molecule has 1 heterocycles. The molecule has 0 spiro atoms. The van der Waals surface area contributed by atoms with Crippen LogP contribution in [0.15, 0.2) is 24.3 Å². The van der Waals surface area contributed by atoms with Gasteiger partial charge in [-0.25, -0.2) is 0 Å². The van der Waals surface area contributed by atoms with E-state index in [1.165, 1.54) is 24.9 Å². The Morgan fingerprint density at radius 3 is 2.79 bits per heavy atom. The zero-order chi connectivity index (χ0) is 13.7. The summed E-state index contributed by atoms with van der Waals surface area (Å²) in [5.74, 6) is 0.754. The lowest BCUT2D eigenvalue weighted by atomic mass is 9.89. The first-order valence-electron chi connectivity index (χ1n) is 7.76. The van der Waals surface area contributed by atoms with E-state index >= 15 is 0 Å². The van der Waals surface area contributed by atoms with E-state index in [-0.39, 0.29) is 0 Å². The predicted octanol–water partition coefficient (Wildman–Crippen LogP) is 3.24. The van der Waals surface area contributed by atoms with Crippen molar-refractivity contribution in [1.29, 1.82) is 0 Å². The van der Waals surface area contributed by atoms with E-state index in [4.69, 9.17) is 0 Å². The van der Waals surface area contributed by atoms with Gasteiger partial charge in [-0.05, 0) is 63.0 Å². The molecular weight excluding hydrogens is 232 g/mol. The molecule has 0 aliphatic carbocycles. The quantitative estimate of drug-likeness (QED) is 0.790. The van der Waals surface area contributed by atoms with Crippen molar-refractivity contribution in [3.63, 3.8) is 0 Å². The van der Waals surface area contributed by atoms with Crippen molar-refractivity contribution in [2.75, 3.05) is 26.7 Å². The summed E-state index contributed by atoms with van der Waals surface area (Å²) in [5, 5.41) is 3.61. The van der Waals surface area contributed by atoms with Crippen LogP contribution in [-0.2, 0) is 6.42 Å². The molecule has 106 valence electrons. The average Bonchev–Trinajstić information content (AvgIpc) is 2.80. The molecule has 1 aromatic rings. The van der Waals surface area contributed by atoms with Crippen LogP contribution in [-0.4, -0.2) is 31.6 Å². The van der Waals surface area contributed by atoms with Crippen LogP contribution in [0.2, 0.25) is 0 Å². The number of hydrogen-bond acceptors (Lipinski definition) is 2. The normalized spacial score (nSPS) is 23.9. The Balaban J connectivity index is 2.14. The summed E-state index contributed by atoms with van der Waals surface area (Å²) in [6.07, 6.45) is 3.67. The van der Waals surface area contributed by atoms with Gasteiger partial charge < -0.3 is 5.32 Å². The molecule has 2 nitrogen and oxygen atoms in total. The summed E-state index contributed by atoms with van der Waals surface area (Å²) < 4.78 is 0. The Morgan fingerprint density at radius 1 is 1.26 bits per heavy atom. The largest absolute Gasteiger partial charge is 0.316 e. The maximum Gasteiger partial charge on any atom is 0.0388 e. The Morgan fingerprint density at radius 2 is 2.05 bits per heavy atom. The number of nitrogens with one attached hydrogen (secondary N) is 1. The average molecular weight is 260 g/mol. The highest BCUT2D eigenvalue weighted by atomic mass is 15.2. The summed E-state index contributed by atoms with van der Waals surface area (Å²) in [5.41, 5.74) is 3.06. The molecule has 2 rings (SSSR count). The highest BCUT2D eigenvalue weighted by molar-refractivity contribution is 5.31. The van der Waals surface area contributed by atoms with Gasteiger partial charge in [0.05, 0.1) is 0 Å². The Kier molecular flexibility index (Phi) is 5.41. The minimum absolute atomic E-state index is 0.598. The van der Waals surface area contributed by atoms with Gasteiger partial charge in [-0.3, -0.25) is 4.90 Å². The monoisotopic (exact) mass is 260 g/mol. The molecule has 1 aliphatic heterocycles. The van der Waals surface area contributed by atoms with Crippen molar-refractivity contribution in [2.45, 2.75) is 39.2 Å². The zero-order valence-corrected chi connectivity index (χ0v) is 12.7. The van der Waals surface area contributed by atoms with E-state index in [1.807, 2.05) is 0 Å². The van der Waals surface area contributed by atoms with Gasteiger partial charge in [0, 0.05) is 6.04 Å². The summed E-state index contributed by atoms with van der Waals surface area (Å²) >= 11 is 0. The summed E-state index contributed by atoms with van der Waals surface area (Å²) in [6, 6.07) is 9.58. The van der Waals surface area contributed by atoms with Crippen LogP contribution in [0.4, 0.5) is 0 Å². The first-order valence-corrected chi connectivity index (χ1v) is 7.76. The number of hydrogen-bond donors (Lipinski definition) is 1. The number of rotatable bonds is 6. The maximum atomic E-state index is 3.61. The van der Waals surface area contributed by atoms with Gasteiger partial charge >= 0.3 is 0 Å². The second kappa shape index (κ2) is 7.06. The Labute approximate surface area is 118 Å². The second-order valence-electron chi connectivity index (χ2n) is 5.73. The lowest BCUT2D eigenvalue weighted by molar-refractivity contribution is 0.271. The number of benzene rings is 1. The number of likely N-dealkylation sites (tertiary alicyclic amines) is 1. The van der Waals surface area contributed by atoms with Gasteiger partial charge in [0.2, 0.25) is 0 Å². The van der Waals surface area contributed by atoms with Crippen molar-refractivity contribution in [3.05, 3.63) is 35.4 Å². The molecule has 1 aliphatic rings. The van der Waals surface area contributed by atoms with E-state index in [9.17, 15) is 0 Å². The molecule has 0 saturated carbocycles. The number of nitrogens with zero attached hydrogens (tertiary/aromatic N) is 1. The van der Waals surface area contributed by atoms with Crippen molar-refractivity contribution >= 4 is 0 Å². The minimum atomic E-state index is 0.598. The topological polar surface area (TPSA) is 15.3 Å². The van der Waals surface area contributed by atoms with Gasteiger partial charge in [0.1, 0.15) is 0 Å². The van der Waals surface area contributed by atoms with E-state index in [0.717, 1.165) is 25.4 Å². The SMILES string of the molecule is CCCNCC1CCN(C)C1c1ccccc1CC. The summed E-state index contributed by atoms with van der Waals surface area (Å²) in [4.78, 5) is 2.53. The first-order chi connectivity index (χ1) is 9.27. The molecule has 0 bridgehead atoms. The molecule has 1 fully saturated rings. The molecule has 1 N–H and O–H groups in total. The molecule has 2 atom stereocenters. The van der Waals surface area contributed by atoms with Crippen LogP contribution in [0.1, 0.15) is 43.9 Å². The third-order valence-corrected chi connectivity index (χ3v) is 4.36. The van der Waals surface area contributed by atoms with Crippen molar-refractivity contribution < 1.29 is 0 Å². The molecule has 2 unspecified atom stereocenters. The molecule has 0 aromatic heterocycles. The molecular formula is C17H28N2. The standard InChI is InChI=1S/C17H28N2/c1-4-11-18-13-15-10-12-19(3)17(15)16-9-7-6-8-14(16)5-2/h6-9,15,17-18H,4-5,10-13H2,1-3H3. The van der Waals surface area contributed by atoms with Crippen LogP contribution in [0.5, 0.6) is 0 Å². The Hall–Kier alpha value is -0.860. The van der Waals surface area contributed by atoms with E-state index < -0.39 is 0 Å². The van der Waals surface area contributed by atoms with E-state index in [1.54, 1.807) is 5.56 Å². The van der Waals surface area contributed by atoms with Gasteiger partial charge in [-0.2, -0.15) is 0 Å². The third-order valence-electron chi connectivity index (χ3n) is 4.36. The molecule has 1 saturated heterocycles. The fraction of sp³-hybridized carbons (Fsp3) is 0.647. The third kappa shape index (κ3) is 3.37. The van der Waals surface area contributed by atoms with Crippen LogP contribution < -0.4 is 5.32 Å².